The summed E-state index contributed by atoms with van der Waals surface area (Å²) in [4.78, 5) is 27.4. The van der Waals surface area contributed by atoms with E-state index in [2.05, 4.69) is 33.2 Å². The first-order valence-corrected chi connectivity index (χ1v) is 16.3. The molecule has 1 fully saturated rings. The van der Waals surface area contributed by atoms with E-state index >= 15 is 0 Å². The number of amides is 1. The van der Waals surface area contributed by atoms with E-state index < -0.39 is 12.0 Å². The Morgan fingerprint density at radius 3 is 2.32 bits per heavy atom. The first-order valence-electron chi connectivity index (χ1n) is 14.9. The number of aliphatic carboxylic acids is 1. The van der Waals surface area contributed by atoms with Crippen LogP contribution < -0.4 is 5.32 Å². The van der Waals surface area contributed by atoms with Crippen LogP contribution in [-0.2, 0) is 27.4 Å². The molecule has 0 saturated carbocycles. The maximum absolute atomic E-state index is 13.3. The van der Waals surface area contributed by atoms with Crippen LogP contribution in [0, 0.1) is 6.92 Å². The SMILES string of the molecule is CCO.COC.CSCCC(NC(=O)c1ccc(CN2CCC(OCc3ccccc3)C2)cc1-c1ccccc1C)C(=O)O. The zero-order valence-electron chi connectivity index (χ0n) is 26.6. The van der Waals surface area contributed by atoms with E-state index in [4.69, 9.17) is 9.84 Å². The Labute approximate surface area is 266 Å². The van der Waals surface area contributed by atoms with Gasteiger partial charge >= 0.3 is 5.97 Å². The zero-order chi connectivity index (χ0) is 32.3. The van der Waals surface area contributed by atoms with Gasteiger partial charge in [0.2, 0.25) is 0 Å². The number of ether oxygens (including phenoxy) is 2. The molecule has 2 atom stereocenters. The molecule has 0 bridgehead atoms. The summed E-state index contributed by atoms with van der Waals surface area (Å²) in [6.45, 7) is 7.16. The van der Waals surface area contributed by atoms with Crippen molar-refractivity contribution >= 4 is 23.6 Å². The van der Waals surface area contributed by atoms with E-state index in [1.807, 2.05) is 67.8 Å². The zero-order valence-corrected chi connectivity index (χ0v) is 27.4. The highest BCUT2D eigenvalue weighted by Gasteiger charge is 2.25. The molecule has 0 spiro atoms. The summed E-state index contributed by atoms with van der Waals surface area (Å²) in [5.74, 6) is -0.717. The van der Waals surface area contributed by atoms with Gasteiger partial charge in [-0.25, -0.2) is 4.79 Å². The highest BCUT2D eigenvalue weighted by atomic mass is 32.2. The smallest absolute Gasteiger partial charge is 0.326 e. The Balaban J connectivity index is 0.00000104. The average Bonchev–Trinajstić information content (AvgIpc) is 3.46. The molecule has 2 unspecified atom stereocenters. The number of aliphatic hydroxyl groups excluding tert-OH is 1. The van der Waals surface area contributed by atoms with Gasteiger partial charge in [0.15, 0.2) is 0 Å². The van der Waals surface area contributed by atoms with Gasteiger partial charge in [-0.2, -0.15) is 11.8 Å². The predicted molar refractivity (Wildman–Crippen MR) is 179 cm³/mol. The second kappa shape index (κ2) is 20.7. The molecule has 1 aliphatic rings. The Morgan fingerprint density at radius 2 is 1.68 bits per heavy atom. The highest BCUT2D eigenvalue weighted by Crippen LogP contribution is 2.29. The van der Waals surface area contributed by atoms with Crippen LogP contribution in [0.1, 0.15) is 46.8 Å². The van der Waals surface area contributed by atoms with Crippen molar-refractivity contribution in [2.45, 2.75) is 52.0 Å². The average molecular weight is 625 g/mol. The van der Waals surface area contributed by atoms with Crippen molar-refractivity contribution in [3.05, 3.63) is 95.1 Å². The number of aliphatic hydroxyl groups is 1. The lowest BCUT2D eigenvalue weighted by Crippen LogP contribution is -2.41. The summed E-state index contributed by atoms with van der Waals surface area (Å²) in [6.07, 6.45) is 3.49. The lowest BCUT2D eigenvalue weighted by Gasteiger charge is -2.20. The number of carboxylic acid groups (broad SMARTS) is 1. The molecule has 0 radical (unpaired) electrons. The maximum Gasteiger partial charge on any atom is 0.326 e. The number of methoxy groups -OCH3 is 1. The minimum absolute atomic E-state index is 0.199. The van der Waals surface area contributed by atoms with Crippen LogP contribution in [-0.4, -0.2) is 85.1 Å². The molecule has 3 N–H and O–H groups in total. The number of benzene rings is 3. The number of carbonyl (C=O) groups excluding carboxylic acids is 1. The highest BCUT2D eigenvalue weighted by molar-refractivity contribution is 7.98. The molecule has 8 nitrogen and oxygen atoms in total. The molecular formula is C35H48N2O6S. The summed E-state index contributed by atoms with van der Waals surface area (Å²) in [5.41, 5.74) is 5.64. The molecule has 1 aliphatic heterocycles. The number of hydrogen-bond donors (Lipinski definition) is 3. The van der Waals surface area contributed by atoms with Crippen molar-refractivity contribution in [3.8, 4) is 11.1 Å². The van der Waals surface area contributed by atoms with Gasteiger partial charge in [-0.1, -0.05) is 60.7 Å². The number of carbonyl (C=O) groups is 2. The largest absolute Gasteiger partial charge is 0.480 e. The normalized spacial score (nSPS) is 14.9. The van der Waals surface area contributed by atoms with Crippen LogP contribution in [0.4, 0.5) is 0 Å². The Kier molecular flexibility index (Phi) is 17.4. The first-order chi connectivity index (χ1) is 21.3. The molecule has 0 aromatic heterocycles. The van der Waals surface area contributed by atoms with Crippen LogP contribution in [0.5, 0.6) is 0 Å². The van der Waals surface area contributed by atoms with Crippen molar-refractivity contribution in [2.75, 3.05) is 45.9 Å². The molecular weight excluding hydrogens is 576 g/mol. The molecule has 4 rings (SSSR count). The second-order valence-corrected chi connectivity index (χ2v) is 11.5. The predicted octanol–water partition coefficient (Wildman–Crippen LogP) is 5.65. The third-order valence-electron chi connectivity index (χ3n) is 6.94. The van der Waals surface area contributed by atoms with Gasteiger partial charge in [0, 0.05) is 46.0 Å². The van der Waals surface area contributed by atoms with Gasteiger partial charge in [0.1, 0.15) is 6.04 Å². The van der Waals surface area contributed by atoms with Gasteiger partial charge in [-0.15, -0.1) is 0 Å². The first kappa shape index (κ1) is 37.0. The Hall–Kier alpha value is -3.21. The van der Waals surface area contributed by atoms with E-state index in [1.165, 1.54) is 5.56 Å². The van der Waals surface area contributed by atoms with Gasteiger partial charge < -0.3 is 25.0 Å². The van der Waals surface area contributed by atoms with E-state index in [1.54, 1.807) is 32.9 Å². The lowest BCUT2D eigenvalue weighted by molar-refractivity contribution is -0.139. The third kappa shape index (κ3) is 12.4. The molecule has 9 heteroatoms. The molecule has 3 aromatic carbocycles. The second-order valence-electron chi connectivity index (χ2n) is 10.5. The van der Waals surface area contributed by atoms with Crippen LogP contribution in [0.3, 0.4) is 0 Å². The van der Waals surface area contributed by atoms with Gasteiger partial charge in [-0.05, 0) is 78.6 Å². The molecule has 1 amide bonds. The fourth-order valence-corrected chi connectivity index (χ4v) is 5.31. The number of thioether (sulfide) groups is 1. The molecule has 1 heterocycles. The van der Waals surface area contributed by atoms with Crippen molar-refractivity contribution in [1.29, 1.82) is 0 Å². The van der Waals surface area contributed by atoms with Crippen LogP contribution in [0.2, 0.25) is 0 Å². The monoisotopic (exact) mass is 624 g/mol. The van der Waals surface area contributed by atoms with E-state index in [0.29, 0.717) is 24.3 Å². The molecule has 3 aromatic rings. The fraction of sp³-hybridized carbons (Fsp3) is 0.429. The number of aryl methyl sites for hydroxylation is 1. The molecule has 0 aliphatic carbocycles. The fourth-order valence-electron chi connectivity index (χ4n) is 4.84. The van der Waals surface area contributed by atoms with E-state index in [-0.39, 0.29) is 18.6 Å². The van der Waals surface area contributed by atoms with Crippen LogP contribution >= 0.6 is 11.8 Å². The summed E-state index contributed by atoms with van der Waals surface area (Å²) in [6, 6.07) is 23.2. The van der Waals surface area contributed by atoms with Gasteiger partial charge in [-0.3, -0.25) is 9.69 Å². The minimum atomic E-state index is -1.01. The van der Waals surface area contributed by atoms with Gasteiger partial charge in [0.25, 0.3) is 5.91 Å². The number of carboxylic acids is 1. The number of nitrogens with one attached hydrogen (secondary N) is 1. The van der Waals surface area contributed by atoms with Crippen LogP contribution in [0.25, 0.3) is 11.1 Å². The Morgan fingerprint density at radius 1 is 1.02 bits per heavy atom. The molecule has 44 heavy (non-hydrogen) atoms. The minimum Gasteiger partial charge on any atom is -0.480 e. The summed E-state index contributed by atoms with van der Waals surface area (Å²) in [5, 5.41) is 19.9. The van der Waals surface area contributed by atoms with Crippen LogP contribution in [0.15, 0.2) is 72.8 Å². The topological polar surface area (TPSA) is 108 Å². The summed E-state index contributed by atoms with van der Waals surface area (Å²) in [7, 11) is 3.25. The summed E-state index contributed by atoms with van der Waals surface area (Å²) >= 11 is 1.56. The standard InChI is InChI=1S/C31H36N2O4S.2C2H6O/c1-22-8-6-7-11-26(22)28-18-24(12-13-27(28)30(34)32-29(31(35)36)15-17-38-2)19-33-16-14-25(20-33)37-21-23-9-4-3-5-10-23;1-3-2;1-2-3/h3-13,18,25,29H,14-17,19-21H2,1-2H3,(H,32,34)(H,35,36);1-2H3;3H,2H2,1H3. The molecule has 240 valence electrons. The number of rotatable bonds is 12. The van der Waals surface area contributed by atoms with Crippen molar-refractivity contribution in [2.24, 2.45) is 0 Å². The van der Waals surface area contributed by atoms with E-state index in [9.17, 15) is 14.7 Å². The van der Waals surface area contributed by atoms with E-state index in [0.717, 1.165) is 48.3 Å². The maximum atomic E-state index is 13.3. The van der Waals surface area contributed by atoms with Crippen molar-refractivity contribution in [3.63, 3.8) is 0 Å². The van der Waals surface area contributed by atoms with Crippen molar-refractivity contribution in [1.82, 2.24) is 10.2 Å². The Bertz CT molecular complexity index is 1270. The quantitative estimate of drug-likeness (QED) is 0.237. The number of hydrogen-bond acceptors (Lipinski definition) is 7. The number of likely N-dealkylation sites (tertiary alicyclic amines) is 1. The number of nitrogens with zero attached hydrogens (tertiary/aromatic N) is 1. The molecule has 1 saturated heterocycles. The third-order valence-corrected chi connectivity index (χ3v) is 7.59. The lowest BCUT2D eigenvalue weighted by atomic mass is 9.93. The summed E-state index contributed by atoms with van der Waals surface area (Å²) < 4.78 is 10.4. The van der Waals surface area contributed by atoms with Crippen molar-refractivity contribution < 1.29 is 29.3 Å². The van der Waals surface area contributed by atoms with Gasteiger partial charge in [0.05, 0.1) is 12.7 Å².